The molecular weight excluding hydrogens is 209 g/mol. The quantitative estimate of drug-likeness (QED) is 0.644. The van der Waals surface area contributed by atoms with Gasteiger partial charge in [0.2, 0.25) is 0 Å². The zero-order valence-corrected chi connectivity index (χ0v) is 8.07. The fourth-order valence-corrected chi connectivity index (χ4v) is 1.67. The molecule has 0 spiro atoms. The van der Waals surface area contributed by atoms with Crippen molar-refractivity contribution in [3.05, 3.63) is 21.9 Å². The molecule has 0 radical (unpaired) electrons. The van der Waals surface area contributed by atoms with Crippen molar-refractivity contribution in [1.82, 2.24) is 0 Å². The van der Waals surface area contributed by atoms with Crippen molar-refractivity contribution in [1.29, 1.82) is 0 Å². The van der Waals surface area contributed by atoms with Crippen LogP contribution in [0.3, 0.4) is 0 Å². The normalized spacial score (nSPS) is 17.0. The Morgan fingerprint density at radius 1 is 1.60 bits per heavy atom. The van der Waals surface area contributed by atoms with Gasteiger partial charge >= 0.3 is 72.8 Å². The average molecular weight is 222 g/mol. The summed E-state index contributed by atoms with van der Waals surface area (Å²) in [4.78, 5) is 0. The Labute approximate surface area is 73.1 Å². The van der Waals surface area contributed by atoms with Crippen LogP contribution < -0.4 is 0 Å². The predicted molar refractivity (Wildman–Crippen MR) is 40.3 cm³/mol. The Bertz CT molecular complexity index is 166. The molecule has 0 N–H and O–H groups in total. The Balaban J connectivity index is 2.38. The van der Waals surface area contributed by atoms with Crippen LogP contribution in [0.2, 0.25) is 0 Å². The average Bonchev–Trinajstić information content (AvgIpc) is 2.31. The molecule has 0 aromatic rings. The fourth-order valence-electron chi connectivity index (χ4n) is 1.10. The van der Waals surface area contributed by atoms with Crippen LogP contribution in [0.5, 0.6) is 0 Å². The first-order valence-electron chi connectivity index (χ1n) is 3.87. The first-order valence-corrected chi connectivity index (χ1v) is 4.74. The fraction of sp³-hybridized carbons (Fsp3) is 0.556. The van der Waals surface area contributed by atoms with Crippen LogP contribution in [0, 0.1) is 0 Å². The Hall–Kier alpha value is 0.103. The molecular formula is C9H13Ru. The maximum atomic E-state index is 2.73. The third-order valence-electron chi connectivity index (χ3n) is 1.75. The number of hydrogen-bond donors (Lipinski definition) is 0. The third-order valence-corrected chi connectivity index (χ3v) is 2.66. The monoisotopic (exact) mass is 223 g/mol. The topological polar surface area (TPSA) is 0 Å². The van der Waals surface area contributed by atoms with Gasteiger partial charge in [0.1, 0.15) is 0 Å². The van der Waals surface area contributed by atoms with Crippen molar-refractivity contribution < 1.29 is 18.3 Å². The first kappa shape index (κ1) is 8.20. The summed E-state index contributed by atoms with van der Waals surface area (Å²) < 4.78 is 1.51. The van der Waals surface area contributed by atoms with Gasteiger partial charge in [0, 0.05) is 0 Å². The van der Waals surface area contributed by atoms with E-state index < -0.39 is 0 Å². The van der Waals surface area contributed by atoms with Gasteiger partial charge in [0.05, 0.1) is 0 Å². The van der Waals surface area contributed by atoms with Crippen molar-refractivity contribution in [2.75, 3.05) is 0 Å². The van der Waals surface area contributed by atoms with Crippen LogP contribution in [0.15, 0.2) is 21.9 Å². The summed E-state index contributed by atoms with van der Waals surface area (Å²) in [5.41, 5.74) is 1.55. The summed E-state index contributed by atoms with van der Waals surface area (Å²) >= 11 is 2.73. The van der Waals surface area contributed by atoms with Crippen molar-refractivity contribution in [3.63, 3.8) is 0 Å². The molecule has 1 rings (SSSR count). The van der Waals surface area contributed by atoms with Crippen LogP contribution in [0.25, 0.3) is 0 Å². The molecule has 1 heteroatoms. The van der Waals surface area contributed by atoms with Gasteiger partial charge in [-0.2, -0.15) is 0 Å². The van der Waals surface area contributed by atoms with Gasteiger partial charge in [-0.1, -0.05) is 0 Å². The second-order valence-electron chi connectivity index (χ2n) is 2.63. The summed E-state index contributed by atoms with van der Waals surface area (Å²) in [5.74, 6) is 0. The molecule has 0 saturated heterocycles. The summed E-state index contributed by atoms with van der Waals surface area (Å²) in [6.07, 6.45) is 9.58. The van der Waals surface area contributed by atoms with E-state index in [1.807, 2.05) is 0 Å². The number of hydrogen-bond acceptors (Lipinski definition) is 0. The van der Waals surface area contributed by atoms with Crippen LogP contribution in [0.1, 0.15) is 32.6 Å². The second-order valence-corrected chi connectivity index (χ2v) is 3.67. The summed E-state index contributed by atoms with van der Waals surface area (Å²) in [5, 5.41) is 0. The molecule has 0 amide bonds. The molecule has 0 saturated carbocycles. The van der Waals surface area contributed by atoms with Gasteiger partial charge in [0.25, 0.3) is 0 Å². The summed E-state index contributed by atoms with van der Waals surface area (Å²) in [7, 11) is 0. The second kappa shape index (κ2) is 4.08. The van der Waals surface area contributed by atoms with E-state index in [1.54, 1.807) is 5.57 Å². The first-order chi connectivity index (χ1) is 4.84. The van der Waals surface area contributed by atoms with Crippen molar-refractivity contribution in [2.45, 2.75) is 32.6 Å². The molecule has 0 atom stereocenters. The van der Waals surface area contributed by atoms with Gasteiger partial charge in [-0.3, -0.25) is 0 Å². The number of allylic oxidation sites excluding steroid dienone is 4. The number of unbranched alkanes of at least 4 members (excludes halogenated alkanes) is 1. The Morgan fingerprint density at radius 3 is 2.90 bits per heavy atom. The third kappa shape index (κ3) is 2.06. The van der Waals surface area contributed by atoms with Crippen molar-refractivity contribution in [2.24, 2.45) is 0 Å². The molecule has 0 bridgehead atoms. The predicted octanol–water partition coefficient (Wildman–Crippen LogP) is 2.94. The van der Waals surface area contributed by atoms with Crippen LogP contribution in [-0.4, -0.2) is 0 Å². The van der Waals surface area contributed by atoms with E-state index in [-0.39, 0.29) is 0 Å². The van der Waals surface area contributed by atoms with E-state index in [9.17, 15) is 0 Å². The van der Waals surface area contributed by atoms with Gasteiger partial charge in [-0.25, -0.2) is 0 Å². The van der Waals surface area contributed by atoms with Crippen molar-refractivity contribution in [3.8, 4) is 0 Å². The standard InChI is InChI=1S/C9H13.Ru/c1-2-3-6-9-7-4-5-8-9;/h4,7H,2-3,5-6H2,1H3;. The minimum atomic E-state index is 1.16. The molecule has 0 aromatic carbocycles. The van der Waals surface area contributed by atoms with E-state index in [4.69, 9.17) is 0 Å². The van der Waals surface area contributed by atoms with E-state index in [1.165, 1.54) is 23.4 Å². The zero-order valence-electron chi connectivity index (χ0n) is 6.34. The SMILES string of the molecule is CCCCC1=[C]([Ru])CC=C1. The molecule has 0 aromatic heterocycles. The summed E-state index contributed by atoms with van der Waals surface area (Å²) in [6.45, 7) is 2.24. The van der Waals surface area contributed by atoms with Gasteiger partial charge in [0.15, 0.2) is 0 Å². The zero-order chi connectivity index (χ0) is 7.40. The van der Waals surface area contributed by atoms with E-state index >= 15 is 0 Å². The van der Waals surface area contributed by atoms with E-state index in [2.05, 4.69) is 37.4 Å². The van der Waals surface area contributed by atoms with Crippen LogP contribution >= 0.6 is 0 Å². The maximum absolute atomic E-state index is 2.73. The molecule has 10 heavy (non-hydrogen) atoms. The molecule has 57 valence electrons. The summed E-state index contributed by atoms with van der Waals surface area (Å²) in [6, 6.07) is 0. The molecule has 1 aliphatic carbocycles. The van der Waals surface area contributed by atoms with E-state index in [0.29, 0.717) is 0 Å². The van der Waals surface area contributed by atoms with Crippen LogP contribution in [-0.2, 0) is 18.3 Å². The molecule has 0 unspecified atom stereocenters. The van der Waals surface area contributed by atoms with Gasteiger partial charge in [-0.15, -0.1) is 0 Å². The molecule has 0 heterocycles. The Morgan fingerprint density at radius 2 is 2.40 bits per heavy atom. The van der Waals surface area contributed by atoms with Crippen molar-refractivity contribution >= 4 is 0 Å². The van der Waals surface area contributed by atoms with E-state index in [0.717, 1.165) is 6.42 Å². The van der Waals surface area contributed by atoms with Gasteiger partial charge in [-0.05, 0) is 0 Å². The number of rotatable bonds is 3. The molecule has 0 nitrogen and oxygen atoms in total. The molecule has 1 aliphatic rings. The molecule has 0 aliphatic heterocycles. The van der Waals surface area contributed by atoms with Crippen LogP contribution in [0.4, 0.5) is 0 Å². The minimum absolute atomic E-state index is 1.16. The Kier molecular flexibility index (Phi) is 3.35. The molecule has 0 fully saturated rings. The van der Waals surface area contributed by atoms with Gasteiger partial charge < -0.3 is 0 Å².